The Bertz CT molecular complexity index is 475. The van der Waals surface area contributed by atoms with E-state index in [1.807, 2.05) is 6.07 Å². The number of fused-ring (bicyclic) bond motifs is 1. The molecular formula is C17H26N2O3. The van der Waals surface area contributed by atoms with Gasteiger partial charge in [0.1, 0.15) is 0 Å². The lowest BCUT2D eigenvalue weighted by atomic mass is 9.97. The van der Waals surface area contributed by atoms with Crippen LogP contribution >= 0.6 is 0 Å². The quantitative estimate of drug-likeness (QED) is 0.833. The summed E-state index contributed by atoms with van der Waals surface area (Å²) in [5.41, 5.74) is 1.27. The van der Waals surface area contributed by atoms with Gasteiger partial charge in [-0.2, -0.15) is 0 Å². The van der Waals surface area contributed by atoms with Crippen LogP contribution in [0.25, 0.3) is 0 Å². The van der Waals surface area contributed by atoms with Crippen LogP contribution in [0.3, 0.4) is 0 Å². The first kappa shape index (κ1) is 15.6. The van der Waals surface area contributed by atoms with Gasteiger partial charge in [0.15, 0.2) is 11.5 Å². The van der Waals surface area contributed by atoms with Crippen LogP contribution in [0, 0.1) is 5.92 Å². The van der Waals surface area contributed by atoms with E-state index < -0.39 is 0 Å². The van der Waals surface area contributed by atoms with Crippen LogP contribution in [-0.2, 0) is 11.3 Å². The van der Waals surface area contributed by atoms with Crippen LogP contribution in [0.4, 0.5) is 0 Å². The molecule has 1 aromatic carbocycles. The third-order valence-electron chi connectivity index (χ3n) is 4.43. The minimum atomic E-state index is 0.335. The van der Waals surface area contributed by atoms with Gasteiger partial charge in [-0.3, -0.25) is 4.90 Å². The Morgan fingerprint density at radius 2 is 2.05 bits per heavy atom. The first-order valence-electron chi connectivity index (χ1n) is 8.15. The Balaban J connectivity index is 1.61. The molecule has 2 aliphatic rings. The van der Waals surface area contributed by atoms with E-state index in [0.717, 1.165) is 56.7 Å². The van der Waals surface area contributed by atoms with Crippen molar-refractivity contribution >= 4 is 0 Å². The SMILES string of the molecule is COCCN(Cc1ccc2c(c1)OCO2)CC1CCNCC1. The highest BCUT2D eigenvalue weighted by Crippen LogP contribution is 2.32. The van der Waals surface area contributed by atoms with Crippen molar-refractivity contribution in [1.82, 2.24) is 10.2 Å². The lowest BCUT2D eigenvalue weighted by Gasteiger charge is -2.30. The molecule has 122 valence electrons. The van der Waals surface area contributed by atoms with Gasteiger partial charge in [0.05, 0.1) is 6.61 Å². The van der Waals surface area contributed by atoms with Crippen molar-refractivity contribution in [3.05, 3.63) is 23.8 Å². The van der Waals surface area contributed by atoms with Crippen molar-refractivity contribution in [3.8, 4) is 11.5 Å². The van der Waals surface area contributed by atoms with Gasteiger partial charge in [0.25, 0.3) is 0 Å². The van der Waals surface area contributed by atoms with Crippen LogP contribution in [-0.4, -0.2) is 51.6 Å². The summed E-state index contributed by atoms with van der Waals surface area (Å²) in [5, 5.41) is 3.44. The number of nitrogens with one attached hydrogen (secondary N) is 1. The number of benzene rings is 1. The number of ether oxygens (including phenoxy) is 3. The van der Waals surface area contributed by atoms with E-state index in [1.54, 1.807) is 7.11 Å². The standard InChI is InChI=1S/C17H26N2O3/c1-20-9-8-19(11-14-4-6-18-7-5-14)12-15-2-3-16-17(10-15)22-13-21-16/h2-3,10,14,18H,4-9,11-13H2,1H3. The van der Waals surface area contributed by atoms with Crippen molar-refractivity contribution in [1.29, 1.82) is 0 Å². The van der Waals surface area contributed by atoms with Crippen LogP contribution in [0.2, 0.25) is 0 Å². The molecule has 1 aromatic rings. The second-order valence-electron chi connectivity index (χ2n) is 6.11. The number of rotatable bonds is 7. The highest BCUT2D eigenvalue weighted by atomic mass is 16.7. The zero-order chi connectivity index (χ0) is 15.2. The molecule has 0 saturated carbocycles. The number of hydrogen-bond donors (Lipinski definition) is 1. The summed E-state index contributed by atoms with van der Waals surface area (Å²) in [6.07, 6.45) is 2.54. The summed E-state index contributed by atoms with van der Waals surface area (Å²) in [5.74, 6) is 2.50. The monoisotopic (exact) mass is 306 g/mol. The van der Waals surface area contributed by atoms with Gasteiger partial charge >= 0.3 is 0 Å². The number of hydrogen-bond acceptors (Lipinski definition) is 5. The summed E-state index contributed by atoms with van der Waals surface area (Å²) in [7, 11) is 1.77. The van der Waals surface area contributed by atoms with Crippen LogP contribution in [0.5, 0.6) is 11.5 Å². The van der Waals surface area contributed by atoms with E-state index in [4.69, 9.17) is 14.2 Å². The van der Waals surface area contributed by atoms with E-state index in [0.29, 0.717) is 6.79 Å². The van der Waals surface area contributed by atoms with Gasteiger partial charge < -0.3 is 19.5 Å². The fraction of sp³-hybridized carbons (Fsp3) is 0.647. The molecule has 2 heterocycles. The number of methoxy groups -OCH3 is 1. The second-order valence-corrected chi connectivity index (χ2v) is 6.11. The average Bonchev–Trinajstić information content (AvgIpc) is 3.01. The lowest BCUT2D eigenvalue weighted by Crippen LogP contribution is -2.37. The molecule has 22 heavy (non-hydrogen) atoms. The van der Waals surface area contributed by atoms with Crippen molar-refractivity contribution in [2.24, 2.45) is 5.92 Å². The van der Waals surface area contributed by atoms with E-state index >= 15 is 0 Å². The molecule has 0 radical (unpaired) electrons. The summed E-state index contributed by atoms with van der Waals surface area (Å²) in [6, 6.07) is 6.25. The normalized spacial score (nSPS) is 18.1. The third kappa shape index (κ3) is 4.12. The maximum absolute atomic E-state index is 5.48. The molecule has 0 amide bonds. The molecule has 3 rings (SSSR count). The molecule has 0 aliphatic carbocycles. The Hall–Kier alpha value is -1.30. The first-order chi connectivity index (χ1) is 10.8. The molecule has 1 saturated heterocycles. The topological polar surface area (TPSA) is 43.0 Å². The van der Waals surface area contributed by atoms with Crippen molar-refractivity contribution in [2.45, 2.75) is 19.4 Å². The Labute approximate surface area is 132 Å². The lowest BCUT2D eigenvalue weighted by molar-refractivity contribution is 0.126. The van der Waals surface area contributed by atoms with Gasteiger partial charge in [-0.25, -0.2) is 0 Å². The van der Waals surface area contributed by atoms with Crippen molar-refractivity contribution in [2.75, 3.05) is 46.7 Å². The Morgan fingerprint density at radius 1 is 1.23 bits per heavy atom. The fourth-order valence-corrected chi connectivity index (χ4v) is 3.18. The predicted octanol–water partition coefficient (Wildman–Crippen LogP) is 1.86. The van der Waals surface area contributed by atoms with Crippen molar-refractivity contribution < 1.29 is 14.2 Å². The minimum absolute atomic E-state index is 0.335. The van der Waals surface area contributed by atoms with Gasteiger partial charge in [-0.15, -0.1) is 0 Å². The highest BCUT2D eigenvalue weighted by Gasteiger charge is 2.19. The van der Waals surface area contributed by atoms with Crippen LogP contribution in [0.15, 0.2) is 18.2 Å². The Morgan fingerprint density at radius 3 is 2.86 bits per heavy atom. The summed E-state index contributed by atoms with van der Waals surface area (Å²) in [6.45, 7) is 6.44. The van der Waals surface area contributed by atoms with Crippen LogP contribution in [0.1, 0.15) is 18.4 Å². The van der Waals surface area contributed by atoms with E-state index in [-0.39, 0.29) is 0 Å². The molecular weight excluding hydrogens is 280 g/mol. The molecule has 0 unspecified atom stereocenters. The van der Waals surface area contributed by atoms with Crippen molar-refractivity contribution in [3.63, 3.8) is 0 Å². The zero-order valence-electron chi connectivity index (χ0n) is 13.3. The second kappa shape index (κ2) is 7.81. The van der Waals surface area contributed by atoms with Gasteiger partial charge in [0, 0.05) is 26.7 Å². The molecule has 0 atom stereocenters. The largest absolute Gasteiger partial charge is 0.454 e. The first-order valence-corrected chi connectivity index (χ1v) is 8.15. The van der Waals surface area contributed by atoms with E-state index in [1.165, 1.54) is 18.4 Å². The molecule has 1 fully saturated rings. The van der Waals surface area contributed by atoms with Gasteiger partial charge in [-0.1, -0.05) is 6.07 Å². The zero-order valence-corrected chi connectivity index (χ0v) is 13.3. The summed E-state index contributed by atoms with van der Waals surface area (Å²) >= 11 is 0. The van der Waals surface area contributed by atoms with Crippen LogP contribution < -0.4 is 14.8 Å². The van der Waals surface area contributed by atoms with Gasteiger partial charge in [0.2, 0.25) is 6.79 Å². The predicted molar refractivity (Wildman–Crippen MR) is 85.3 cm³/mol. The van der Waals surface area contributed by atoms with E-state index in [9.17, 15) is 0 Å². The Kier molecular flexibility index (Phi) is 5.53. The molecule has 0 bridgehead atoms. The number of piperidine rings is 1. The molecule has 0 aromatic heterocycles. The summed E-state index contributed by atoms with van der Waals surface area (Å²) < 4.78 is 16.1. The van der Waals surface area contributed by atoms with Gasteiger partial charge in [-0.05, 0) is 49.5 Å². The smallest absolute Gasteiger partial charge is 0.231 e. The molecule has 5 nitrogen and oxygen atoms in total. The molecule has 0 spiro atoms. The van der Waals surface area contributed by atoms with E-state index in [2.05, 4.69) is 22.3 Å². The highest BCUT2D eigenvalue weighted by molar-refractivity contribution is 5.44. The fourth-order valence-electron chi connectivity index (χ4n) is 3.18. The summed E-state index contributed by atoms with van der Waals surface area (Å²) in [4.78, 5) is 2.50. The average molecular weight is 306 g/mol. The maximum atomic E-state index is 5.48. The molecule has 5 heteroatoms. The minimum Gasteiger partial charge on any atom is -0.454 e. The maximum Gasteiger partial charge on any atom is 0.231 e. The third-order valence-corrected chi connectivity index (χ3v) is 4.43. The molecule has 2 aliphatic heterocycles. The molecule has 1 N–H and O–H groups in total. The number of nitrogens with zero attached hydrogens (tertiary/aromatic N) is 1.